The van der Waals surface area contributed by atoms with Gasteiger partial charge in [-0.3, -0.25) is 13.6 Å². The van der Waals surface area contributed by atoms with Crippen molar-refractivity contribution in [2.24, 2.45) is 0 Å². The Hall–Kier alpha value is 0.0400. The third-order valence-electron chi connectivity index (χ3n) is 1.14. The van der Waals surface area contributed by atoms with Gasteiger partial charge in [0.05, 0.1) is 13.2 Å². The Morgan fingerprint density at radius 2 is 1.69 bits per heavy atom. The first-order valence-corrected chi connectivity index (χ1v) is 5.75. The number of hydrogen-bond donors (Lipinski definition) is 0. The molecular weight excluding hydrogens is 198 g/mol. The van der Waals surface area contributed by atoms with Crippen molar-refractivity contribution in [3.63, 3.8) is 0 Å². The van der Waals surface area contributed by atoms with E-state index in [1.165, 1.54) is 0 Å². The Morgan fingerprint density at radius 3 is 2.00 bits per heavy atom. The summed E-state index contributed by atoms with van der Waals surface area (Å²) in [6.07, 6.45) is -1.49. The van der Waals surface area contributed by atoms with E-state index in [1.807, 2.05) is 0 Å². The van der Waals surface area contributed by atoms with Gasteiger partial charge in [0.2, 0.25) is 6.36 Å². The number of rotatable bonds is 7. The van der Waals surface area contributed by atoms with Crippen molar-refractivity contribution in [3.8, 4) is 0 Å². The number of halogens is 1. The lowest BCUT2D eigenvalue weighted by molar-refractivity contribution is 0.0120. The van der Waals surface area contributed by atoms with Crippen LogP contribution in [0.15, 0.2) is 0 Å². The molecule has 0 heterocycles. The fraction of sp³-hybridized carbons (Fsp3) is 1.00. The highest BCUT2D eigenvalue weighted by Crippen LogP contribution is 2.50. The minimum atomic E-state index is -3.67. The van der Waals surface area contributed by atoms with E-state index in [4.69, 9.17) is 9.05 Å². The lowest BCUT2D eigenvalue weighted by Crippen LogP contribution is -2.07. The molecule has 0 aromatic rings. The van der Waals surface area contributed by atoms with Crippen LogP contribution in [0.1, 0.15) is 27.2 Å². The molecule has 0 rings (SSSR count). The summed E-state index contributed by atoms with van der Waals surface area (Å²) in [5.74, 6) is 0. The number of phosphoric ester groups is 1. The van der Waals surface area contributed by atoms with Crippen molar-refractivity contribution >= 4 is 7.82 Å². The van der Waals surface area contributed by atoms with Crippen LogP contribution in [-0.2, 0) is 18.1 Å². The summed E-state index contributed by atoms with van der Waals surface area (Å²) in [4.78, 5) is 0. The predicted octanol–water partition coefficient (Wildman–Crippen LogP) is 2.89. The molecule has 0 aromatic carbocycles. The summed E-state index contributed by atoms with van der Waals surface area (Å²) in [6.45, 7) is 5.16. The molecule has 1 unspecified atom stereocenters. The van der Waals surface area contributed by atoms with Crippen molar-refractivity contribution in [2.45, 2.75) is 33.5 Å². The van der Waals surface area contributed by atoms with Gasteiger partial charge in [-0.15, -0.1) is 0 Å². The van der Waals surface area contributed by atoms with Gasteiger partial charge in [0.1, 0.15) is 0 Å². The van der Waals surface area contributed by atoms with Gasteiger partial charge in [0.25, 0.3) is 0 Å². The average molecular weight is 214 g/mol. The minimum Gasteiger partial charge on any atom is -0.287 e. The van der Waals surface area contributed by atoms with Crippen LogP contribution in [0.4, 0.5) is 4.39 Å². The van der Waals surface area contributed by atoms with E-state index in [0.29, 0.717) is 0 Å². The van der Waals surface area contributed by atoms with Gasteiger partial charge in [-0.25, -0.2) is 8.96 Å². The van der Waals surface area contributed by atoms with E-state index in [0.717, 1.165) is 0 Å². The molecule has 0 saturated carbocycles. The number of phosphoric acid groups is 1. The summed E-state index contributed by atoms with van der Waals surface area (Å²) in [6, 6.07) is 0. The lowest BCUT2D eigenvalue weighted by Gasteiger charge is -2.17. The van der Waals surface area contributed by atoms with Gasteiger partial charge in [0.15, 0.2) is 0 Å². The van der Waals surface area contributed by atoms with Gasteiger partial charge in [0, 0.05) is 6.42 Å². The highest BCUT2D eigenvalue weighted by Gasteiger charge is 2.29. The number of alkyl halides is 1. The maximum absolute atomic E-state index is 12.7. The molecule has 0 fully saturated rings. The van der Waals surface area contributed by atoms with Crippen LogP contribution in [0.3, 0.4) is 0 Å². The molecule has 0 amide bonds. The SMILES string of the molecule is CCOP(=O)(OCC)OC(F)CC. The molecule has 6 heteroatoms. The van der Waals surface area contributed by atoms with E-state index in [2.05, 4.69) is 4.52 Å². The van der Waals surface area contributed by atoms with E-state index in [9.17, 15) is 8.96 Å². The van der Waals surface area contributed by atoms with E-state index >= 15 is 0 Å². The first kappa shape index (κ1) is 13.0. The van der Waals surface area contributed by atoms with Crippen molar-refractivity contribution in [3.05, 3.63) is 0 Å². The quantitative estimate of drug-likeness (QED) is 0.611. The predicted molar refractivity (Wildman–Crippen MR) is 47.1 cm³/mol. The van der Waals surface area contributed by atoms with Crippen LogP contribution in [-0.4, -0.2) is 19.6 Å². The maximum atomic E-state index is 12.7. The molecule has 0 radical (unpaired) electrons. The smallest absolute Gasteiger partial charge is 0.287 e. The van der Waals surface area contributed by atoms with E-state index < -0.39 is 14.2 Å². The third kappa shape index (κ3) is 5.37. The van der Waals surface area contributed by atoms with Crippen molar-refractivity contribution in [2.75, 3.05) is 13.2 Å². The monoisotopic (exact) mass is 214 g/mol. The molecule has 0 aliphatic rings. The van der Waals surface area contributed by atoms with Crippen LogP contribution < -0.4 is 0 Å². The fourth-order valence-electron chi connectivity index (χ4n) is 0.629. The standard InChI is InChI=1S/C7H16FO4P/c1-4-7(8)12-13(9,10-5-2)11-6-3/h7H,4-6H2,1-3H3. The normalized spacial score (nSPS) is 14.5. The van der Waals surface area contributed by atoms with Gasteiger partial charge in [-0.05, 0) is 13.8 Å². The minimum absolute atomic E-state index is 0.115. The second-order valence-electron chi connectivity index (χ2n) is 2.21. The Morgan fingerprint density at radius 1 is 1.23 bits per heavy atom. The average Bonchev–Trinajstić information content (AvgIpc) is 2.04. The Bertz CT molecular complexity index is 166. The molecule has 1 atom stereocenters. The highest BCUT2D eigenvalue weighted by molar-refractivity contribution is 7.48. The van der Waals surface area contributed by atoms with Crippen LogP contribution in [0.2, 0.25) is 0 Å². The summed E-state index contributed by atoms with van der Waals surface area (Å²) in [5.41, 5.74) is 0. The zero-order valence-corrected chi connectivity index (χ0v) is 9.05. The number of hydrogen-bond acceptors (Lipinski definition) is 4. The molecule has 0 saturated heterocycles. The molecule has 0 spiro atoms. The molecule has 0 aromatic heterocycles. The van der Waals surface area contributed by atoms with Crippen LogP contribution >= 0.6 is 7.82 Å². The summed E-state index contributed by atoms with van der Waals surface area (Å²) >= 11 is 0. The highest BCUT2D eigenvalue weighted by atomic mass is 31.2. The van der Waals surface area contributed by atoms with Crippen molar-refractivity contribution < 1.29 is 22.5 Å². The zero-order chi connectivity index (χ0) is 10.3. The molecular formula is C7H16FO4P. The van der Waals surface area contributed by atoms with Gasteiger partial charge < -0.3 is 0 Å². The molecule has 4 nitrogen and oxygen atoms in total. The first-order valence-electron chi connectivity index (χ1n) is 4.29. The van der Waals surface area contributed by atoms with E-state index in [1.54, 1.807) is 20.8 Å². The van der Waals surface area contributed by atoms with Gasteiger partial charge in [-0.1, -0.05) is 6.92 Å². The van der Waals surface area contributed by atoms with Crippen LogP contribution in [0, 0.1) is 0 Å². The van der Waals surface area contributed by atoms with Crippen molar-refractivity contribution in [1.82, 2.24) is 0 Å². The molecule has 0 aliphatic heterocycles. The summed E-state index contributed by atoms with van der Waals surface area (Å²) in [7, 11) is -3.67. The largest absolute Gasteiger partial charge is 0.477 e. The summed E-state index contributed by atoms with van der Waals surface area (Å²) in [5, 5.41) is 0. The second-order valence-corrected chi connectivity index (χ2v) is 3.83. The second kappa shape index (κ2) is 6.49. The molecule has 80 valence electrons. The van der Waals surface area contributed by atoms with Crippen molar-refractivity contribution in [1.29, 1.82) is 0 Å². The molecule has 13 heavy (non-hydrogen) atoms. The zero-order valence-electron chi connectivity index (χ0n) is 8.16. The van der Waals surface area contributed by atoms with Crippen LogP contribution in [0.5, 0.6) is 0 Å². The molecule has 0 N–H and O–H groups in total. The van der Waals surface area contributed by atoms with Gasteiger partial charge >= 0.3 is 7.82 Å². The Balaban J connectivity index is 4.14. The fourth-order valence-corrected chi connectivity index (χ4v) is 1.89. The van der Waals surface area contributed by atoms with Gasteiger partial charge in [-0.2, -0.15) is 0 Å². The topological polar surface area (TPSA) is 44.8 Å². The van der Waals surface area contributed by atoms with E-state index in [-0.39, 0.29) is 19.6 Å². The first-order chi connectivity index (χ1) is 6.08. The molecule has 0 bridgehead atoms. The Labute approximate surface area is 78.0 Å². The maximum Gasteiger partial charge on any atom is 0.477 e. The molecule has 0 aliphatic carbocycles. The van der Waals surface area contributed by atoms with Crippen LogP contribution in [0.25, 0.3) is 0 Å². The Kier molecular flexibility index (Phi) is 6.51. The lowest BCUT2D eigenvalue weighted by atomic mass is 10.5. The summed E-state index contributed by atoms with van der Waals surface area (Å²) < 4.78 is 38.1. The third-order valence-corrected chi connectivity index (χ3v) is 2.77.